The van der Waals surface area contributed by atoms with Gasteiger partial charge in [0.1, 0.15) is 10.1 Å². The van der Waals surface area contributed by atoms with Crippen molar-refractivity contribution in [3.8, 4) is 0 Å². The number of aryl methyl sites for hydroxylation is 1. The Morgan fingerprint density at radius 3 is 2.07 bits per heavy atom. The number of anilines is 5. The average molecular weight is 613 g/mol. The van der Waals surface area contributed by atoms with Crippen LogP contribution in [0.2, 0.25) is 0 Å². The van der Waals surface area contributed by atoms with Gasteiger partial charge in [-0.3, -0.25) is 5.04 Å². The van der Waals surface area contributed by atoms with E-state index in [0.717, 1.165) is 5.69 Å². The number of rotatable bonds is 11. The summed E-state index contributed by atoms with van der Waals surface area (Å²) >= 11 is 0.648. The molecule has 0 amide bonds. The van der Waals surface area contributed by atoms with Crippen molar-refractivity contribution in [3.63, 3.8) is 0 Å². The Morgan fingerprint density at radius 2 is 1.44 bits per heavy atom. The van der Waals surface area contributed by atoms with Gasteiger partial charge in [0.2, 0.25) is 17.8 Å². The second kappa shape index (κ2) is 16.6. The zero-order chi connectivity index (χ0) is 27.8. The number of hydrogen-bond donors (Lipinski definition) is 3. The van der Waals surface area contributed by atoms with Crippen LogP contribution >= 0.6 is 12.0 Å². The van der Waals surface area contributed by atoms with E-state index in [4.69, 9.17) is 0 Å². The Kier molecular flexibility index (Phi) is 14.2. The van der Waals surface area contributed by atoms with Gasteiger partial charge in [-0.2, -0.15) is 19.3 Å². The summed E-state index contributed by atoms with van der Waals surface area (Å²) in [6, 6.07) is 19.0. The molecule has 0 radical (unpaired) electrons. The molecule has 0 unspecified atom stereocenters. The van der Waals surface area contributed by atoms with E-state index < -0.39 is 10.1 Å². The number of benzene rings is 3. The van der Waals surface area contributed by atoms with Gasteiger partial charge in [-0.1, -0.05) is 48.6 Å². The molecule has 1 aromatic heterocycles. The van der Waals surface area contributed by atoms with Crippen LogP contribution in [0.15, 0.2) is 76.5 Å². The van der Waals surface area contributed by atoms with Crippen molar-refractivity contribution in [3.05, 3.63) is 83.4 Å². The summed E-state index contributed by atoms with van der Waals surface area (Å²) in [5.41, 5.74) is 2.74. The number of nitrogens with one attached hydrogen (secondary N) is 3. The summed E-state index contributed by atoms with van der Waals surface area (Å²) in [5.74, 6) is 0.867. The minimum atomic E-state index is -4.69. The zero-order valence-electron chi connectivity index (χ0n) is 22.6. The smallest absolute Gasteiger partial charge is 0.744 e. The molecule has 4 rings (SSSR count). The molecule has 12 nitrogen and oxygen atoms in total. The zero-order valence-corrected chi connectivity index (χ0v) is 28.2. The van der Waals surface area contributed by atoms with Gasteiger partial charge in [-0.05, 0) is 53.9 Å². The molecule has 0 atom stereocenters. The van der Waals surface area contributed by atoms with Crippen molar-refractivity contribution < 1.29 is 86.7 Å². The molecule has 0 bridgehead atoms. The van der Waals surface area contributed by atoms with Crippen molar-refractivity contribution >= 4 is 63.5 Å². The molecule has 0 aliphatic carbocycles. The Morgan fingerprint density at radius 1 is 0.829 bits per heavy atom. The third-order valence-corrected chi connectivity index (χ3v) is 6.74. The first-order chi connectivity index (χ1) is 18.7. The third kappa shape index (κ3) is 10.3. The van der Waals surface area contributed by atoms with Crippen molar-refractivity contribution in [2.75, 3.05) is 23.0 Å². The van der Waals surface area contributed by atoms with Crippen molar-refractivity contribution in [2.45, 2.75) is 16.7 Å². The Hall–Kier alpha value is -2.05. The molecule has 4 aromatic rings. The second-order valence-electron chi connectivity index (χ2n) is 7.97. The maximum atomic E-state index is 11.7. The van der Waals surface area contributed by atoms with Crippen LogP contribution in [0, 0.1) is 6.92 Å². The van der Waals surface area contributed by atoms with E-state index in [0.29, 0.717) is 45.6 Å². The number of para-hydroxylation sites is 1. The normalized spacial score (nSPS) is 10.9. The predicted molar refractivity (Wildman–Crippen MR) is 145 cm³/mol. The molecular formula is C25H22N6Na2O6S2. The SMILES string of the molecule is CNc1nc(Nc2ccccc2)nc(Nc2ccc(/C=C/c3ccc(C)cc3S(=O)(=O)[O-])c(SOO[O-])c2)n1.[Na+].[Na+]. The van der Waals surface area contributed by atoms with E-state index in [1.54, 1.807) is 44.3 Å². The largest absolute Gasteiger partial charge is 1.00 e. The number of nitrogens with zero attached hydrogens (tertiary/aromatic N) is 3. The molecule has 0 fully saturated rings. The minimum Gasteiger partial charge on any atom is -0.744 e. The van der Waals surface area contributed by atoms with Gasteiger partial charge >= 0.3 is 59.1 Å². The topological polar surface area (TPSA) is 173 Å². The molecule has 0 saturated heterocycles. The Balaban J connectivity index is 0.00000294. The van der Waals surface area contributed by atoms with Gasteiger partial charge < -0.3 is 25.8 Å². The molecule has 3 N–H and O–H groups in total. The molecule has 16 heteroatoms. The average Bonchev–Trinajstić information content (AvgIpc) is 2.91. The van der Waals surface area contributed by atoms with Crippen molar-refractivity contribution in [1.82, 2.24) is 15.0 Å². The molecule has 0 aliphatic rings. The molecule has 3 aromatic carbocycles. The molecular weight excluding hydrogens is 590 g/mol. The minimum absolute atomic E-state index is 0. The summed E-state index contributed by atoms with van der Waals surface area (Å²) in [6.45, 7) is 1.69. The van der Waals surface area contributed by atoms with E-state index in [2.05, 4.69) is 40.3 Å². The molecule has 41 heavy (non-hydrogen) atoms. The van der Waals surface area contributed by atoms with Crippen molar-refractivity contribution in [2.24, 2.45) is 0 Å². The van der Waals surface area contributed by atoms with Crippen LogP contribution in [0.3, 0.4) is 0 Å². The summed E-state index contributed by atoms with van der Waals surface area (Å²) in [5, 5.41) is 23.1. The van der Waals surface area contributed by atoms with Gasteiger partial charge in [0.25, 0.3) is 0 Å². The maximum absolute atomic E-state index is 11.7. The van der Waals surface area contributed by atoms with Crippen LogP contribution in [0.1, 0.15) is 16.7 Å². The Labute approximate surface area is 285 Å². The molecule has 202 valence electrons. The van der Waals surface area contributed by atoms with Crippen molar-refractivity contribution in [1.29, 1.82) is 0 Å². The quantitative estimate of drug-likeness (QED) is 0.0425. The van der Waals surface area contributed by atoms with E-state index in [9.17, 15) is 18.2 Å². The van der Waals surface area contributed by atoms with Gasteiger partial charge in [-0.25, -0.2) is 8.42 Å². The van der Waals surface area contributed by atoms with Gasteiger partial charge in [-0.15, -0.1) is 0 Å². The van der Waals surface area contributed by atoms with Crippen LogP contribution in [-0.4, -0.2) is 35.0 Å². The molecule has 0 spiro atoms. The van der Waals surface area contributed by atoms with Crippen LogP contribution in [0.25, 0.3) is 12.2 Å². The van der Waals surface area contributed by atoms with Crippen LogP contribution < -0.4 is 80.3 Å². The maximum Gasteiger partial charge on any atom is 1.00 e. The first-order valence-corrected chi connectivity index (χ1v) is 13.4. The van der Waals surface area contributed by atoms with Crippen LogP contribution in [0.4, 0.5) is 29.2 Å². The number of hydrogen-bond acceptors (Lipinski definition) is 13. The monoisotopic (exact) mass is 612 g/mol. The number of aromatic nitrogens is 3. The van der Waals surface area contributed by atoms with E-state index in [1.165, 1.54) is 18.2 Å². The van der Waals surface area contributed by atoms with Gasteiger partial charge in [0.15, 0.2) is 0 Å². The Bertz CT molecular complexity index is 1600. The fourth-order valence-electron chi connectivity index (χ4n) is 3.43. The summed E-state index contributed by atoms with van der Waals surface area (Å²) in [6.07, 6.45) is 3.07. The predicted octanol–water partition coefficient (Wildman–Crippen LogP) is -1.98. The summed E-state index contributed by atoms with van der Waals surface area (Å²) in [4.78, 5) is 13.1. The molecule has 0 saturated carbocycles. The fourth-order valence-corrected chi connectivity index (χ4v) is 4.69. The first-order valence-electron chi connectivity index (χ1n) is 11.3. The van der Waals surface area contributed by atoms with E-state index in [1.807, 2.05) is 30.3 Å². The van der Waals surface area contributed by atoms with Crippen LogP contribution in [0.5, 0.6) is 0 Å². The fraction of sp³-hybridized carbons (Fsp3) is 0.0800. The molecule has 0 aliphatic heterocycles. The van der Waals surface area contributed by atoms with E-state index in [-0.39, 0.29) is 75.5 Å². The third-order valence-electron chi connectivity index (χ3n) is 5.19. The standard InChI is InChI=1S/C25H24N6O6S2.2Na/c1-16-8-9-18(22(14-16)39(33,34)35)11-10-17-12-13-20(15-21(17)38-37-36-32)28-25-30-23(26-2)29-24(31-25)27-19-6-4-3-5-7-19;;/h3-15,32H,1-2H3,(H,33,34,35)(H3,26,27,28,29,30,31);;/q;2*+1/p-2/b11-10+;;. The molecule has 1 heterocycles. The first kappa shape index (κ1) is 35.1. The van der Waals surface area contributed by atoms with Crippen LogP contribution in [-0.2, 0) is 19.5 Å². The van der Waals surface area contributed by atoms with Gasteiger partial charge in [0.05, 0.1) is 16.9 Å². The summed E-state index contributed by atoms with van der Waals surface area (Å²) in [7, 11) is -3.01. The van der Waals surface area contributed by atoms with E-state index >= 15 is 0 Å². The van der Waals surface area contributed by atoms with Gasteiger partial charge in [0, 0.05) is 23.3 Å². The second-order valence-corrected chi connectivity index (χ2v) is 10.1. The summed E-state index contributed by atoms with van der Waals surface area (Å²) < 4.78 is 39.7.